The zero-order valence-corrected chi connectivity index (χ0v) is 8.51. The van der Waals surface area contributed by atoms with Gasteiger partial charge in [0.1, 0.15) is 0 Å². The Morgan fingerprint density at radius 2 is 2.17 bits per heavy atom. The average molecular weight is 171 g/mol. The van der Waals surface area contributed by atoms with Crippen LogP contribution in [0.2, 0.25) is 0 Å². The largest absolute Gasteiger partial charge is 0.396 e. The van der Waals surface area contributed by atoms with Gasteiger partial charge in [-0.2, -0.15) is 0 Å². The fourth-order valence-corrected chi connectivity index (χ4v) is 1.44. The van der Waals surface area contributed by atoms with Crippen molar-refractivity contribution in [3.05, 3.63) is 12.2 Å². The van der Waals surface area contributed by atoms with Crippen molar-refractivity contribution in [3.63, 3.8) is 0 Å². The number of hydrogen-bond donors (Lipinski definition) is 1. The maximum absolute atomic E-state index is 8.80. The second kappa shape index (κ2) is 6.21. The van der Waals surface area contributed by atoms with E-state index < -0.39 is 0 Å². The third kappa shape index (κ3) is 4.52. The van der Waals surface area contributed by atoms with Gasteiger partial charge in [-0.3, -0.25) is 4.90 Å². The van der Waals surface area contributed by atoms with E-state index in [2.05, 4.69) is 25.5 Å². The van der Waals surface area contributed by atoms with Gasteiger partial charge in [-0.05, 0) is 26.8 Å². The lowest BCUT2D eigenvalue weighted by Gasteiger charge is -2.26. The predicted octanol–water partition coefficient (Wildman–Crippen LogP) is 1.66. The molecule has 1 unspecified atom stereocenters. The minimum absolute atomic E-state index is 0.277. The highest BCUT2D eigenvalue weighted by atomic mass is 16.3. The molecule has 12 heavy (non-hydrogen) atoms. The molecule has 0 amide bonds. The first kappa shape index (κ1) is 11.7. The number of aliphatic hydroxyl groups excluding tert-OH is 1. The molecule has 2 heteroatoms. The summed E-state index contributed by atoms with van der Waals surface area (Å²) in [5, 5.41) is 8.80. The molecule has 0 rings (SSSR count). The summed E-state index contributed by atoms with van der Waals surface area (Å²) in [7, 11) is 2.08. The minimum atomic E-state index is 0.277. The first-order valence-electron chi connectivity index (χ1n) is 4.57. The quantitative estimate of drug-likeness (QED) is 0.614. The fraction of sp³-hybridized carbons (Fsp3) is 0.800. The van der Waals surface area contributed by atoms with E-state index in [-0.39, 0.29) is 6.61 Å². The van der Waals surface area contributed by atoms with Gasteiger partial charge in [0.15, 0.2) is 0 Å². The van der Waals surface area contributed by atoms with Gasteiger partial charge in [-0.15, -0.1) is 0 Å². The van der Waals surface area contributed by atoms with E-state index in [1.165, 1.54) is 5.57 Å². The van der Waals surface area contributed by atoms with Gasteiger partial charge in [-0.25, -0.2) is 0 Å². The molecule has 0 bridgehead atoms. The Kier molecular flexibility index (Phi) is 6.03. The zero-order chi connectivity index (χ0) is 9.56. The molecular weight excluding hydrogens is 150 g/mol. The molecule has 0 saturated carbocycles. The van der Waals surface area contributed by atoms with Gasteiger partial charge < -0.3 is 5.11 Å². The Bertz CT molecular complexity index is 134. The maximum Gasteiger partial charge on any atom is 0.0445 e. The van der Waals surface area contributed by atoms with E-state index in [0.29, 0.717) is 6.04 Å². The van der Waals surface area contributed by atoms with Crippen molar-refractivity contribution in [1.29, 1.82) is 0 Å². The first-order valence-corrected chi connectivity index (χ1v) is 4.57. The van der Waals surface area contributed by atoms with Crippen LogP contribution in [0.3, 0.4) is 0 Å². The Morgan fingerprint density at radius 3 is 2.50 bits per heavy atom. The van der Waals surface area contributed by atoms with Crippen molar-refractivity contribution in [3.8, 4) is 0 Å². The van der Waals surface area contributed by atoms with Crippen LogP contribution in [0.1, 0.15) is 26.7 Å². The second-order valence-electron chi connectivity index (χ2n) is 3.45. The molecule has 0 aliphatic carbocycles. The summed E-state index contributed by atoms with van der Waals surface area (Å²) in [6.07, 6.45) is 1.95. The maximum atomic E-state index is 8.80. The van der Waals surface area contributed by atoms with Crippen molar-refractivity contribution in [2.24, 2.45) is 0 Å². The molecule has 0 heterocycles. The van der Waals surface area contributed by atoms with Crippen LogP contribution < -0.4 is 0 Å². The Morgan fingerprint density at radius 1 is 1.58 bits per heavy atom. The number of aliphatic hydroxyl groups is 1. The van der Waals surface area contributed by atoms with E-state index in [1.54, 1.807) is 0 Å². The van der Waals surface area contributed by atoms with E-state index in [1.807, 2.05) is 6.92 Å². The standard InChI is InChI=1S/C10H21NO/c1-5-10(6-7-12)11(4)8-9(2)3/h10,12H,2,5-8H2,1,3-4H3. The minimum Gasteiger partial charge on any atom is -0.396 e. The molecule has 2 nitrogen and oxygen atoms in total. The summed E-state index contributed by atoms with van der Waals surface area (Å²) in [6, 6.07) is 0.492. The highest BCUT2D eigenvalue weighted by Crippen LogP contribution is 2.07. The van der Waals surface area contributed by atoms with Crippen molar-refractivity contribution in [2.45, 2.75) is 32.7 Å². The molecule has 72 valence electrons. The van der Waals surface area contributed by atoms with Gasteiger partial charge in [0.25, 0.3) is 0 Å². The lowest BCUT2D eigenvalue weighted by atomic mass is 10.1. The number of rotatable bonds is 6. The van der Waals surface area contributed by atoms with Crippen molar-refractivity contribution < 1.29 is 5.11 Å². The van der Waals surface area contributed by atoms with Crippen LogP contribution >= 0.6 is 0 Å². The molecular formula is C10H21NO. The average Bonchev–Trinajstić information content (AvgIpc) is 1.98. The van der Waals surface area contributed by atoms with Crippen LogP contribution in [0, 0.1) is 0 Å². The van der Waals surface area contributed by atoms with Crippen LogP contribution in [0.5, 0.6) is 0 Å². The number of likely N-dealkylation sites (N-methyl/N-ethyl adjacent to an activating group) is 1. The van der Waals surface area contributed by atoms with Crippen molar-refractivity contribution in [2.75, 3.05) is 20.2 Å². The van der Waals surface area contributed by atoms with E-state index in [4.69, 9.17) is 5.11 Å². The van der Waals surface area contributed by atoms with Gasteiger partial charge in [-0.1, -0.05) is 19.1 Å². The third-order valence-electron chi connectivity index (χ3n) is 2.08. The topological polar surface area (TPSA) is 23.5 Å². The van der Waals surface area contributed by atoms with E-state index in [9.17, 15) is 0 Å². The Hall–Kier alpha value is -0.340. The SMILES string of the molecule is C=C(C)CN(C)C(CC)CCO. The molecule has 0 aromatic heterocycles. The zero-order valence-electron chi connectivity index (χ0n) is 8.51. The van der Waals surface area contributed by atoms with Gasteiger partial charge >= 0.3 is 0 Å². The predicted molar refractivity (Wildman–Crippen MR) is 53.2 cm³/mol. The van der Waals surface area contributed by atoms with E-state index in [0.717, 1.165) is 19.4 Å². The smallest absolute Gasteiger partial charge is 0.0445 e. The fourth-order valence-electron chi connectivity index (χ4n) is 1.44. The van der Waals surface area contributed by atoms with Crippen LogP contribution in [0.4, 0.5) is 0 Å². The summed E-state index contributed by atoms with van der Waals surface area (Å²) in [6.45, 7) is 9.25. The van der Waals surface area contributed by atoms with Crippen LogP contribution in [-0.2, 0) is 0 Å². The van der Waals surface area contributed by atoms with Gasteiger partial charge in [0.2, 0.25) is 0 Å². The molecule has 0 aliphatic heterocycles. The van der Waals surface area contributed by atoms with Gasteiger partial charge in [0, 0.05) is 19.2 Å². The number of hydrogen-bond acceptors (Lipinski definition) is 2. The lowest BCUT2D eigenvalue weighted by molar-refractivity contribution is 0.190. The van der Waals surface area contributed by atoms with Crippen molar-refractivity contribution in [1.82, 2.24) is 4.90 Å². The Balaban J connectivity index is 3.84. The first-order chi connectivity index (χ1) is 5.61. The Labute approximate surface area is 75.9 Å². The summed E-state index contributed by atoms with van der Waals surface area (Å²) >= 11 is 0. The normalized spacial score (nSPS) is 13.4. The van der Waals surface area contributed by atoms with Gasteiger partial charge in [0.05, 0.1) is 0 Å². The molecule has 0 aromatic rings. The second-order valence-corrected chi connectivity index (χ2v) is 3.45. The third-order valence-corrected chi connectivity index (χ3v) is 2.08. The van der Waals surface area contributed by atoms with Crippen LogP contribution in [-0.4, -0.2) is 36.2 Å². The highest BCUT2D eigenvalue weighted by molar-refractivity contribution is 4.92. The lowest BCUT2D eigenvalue weighted by Crippen LogP contribution is -2.33. The highest BCUT2D eigenvalue weighted by Gasteiger charge is 2.10. The molecule has 0 fully saturated rings. The monoisotopic (exact) mass is 171 g/mol. The van der Waals surface area contributed by atoms with Crippen LogP contribution in [0.15, 0.2) is 12.2 Å². The molecule has 0 saturated heterocycles. The molecule has 0 spiro atoms. The summed E-state index contributed by atoms with van der Waals surface area (Å²) in [5.74, 6) is 0. The molecule has 0 aliphatic rings. The molecule has 1 N–H and O–H groups in total. The summed E-state index contributed by atoms with van der Waals surface area (Å²) < 4.78 is 0. The number of nitrogens with zero attached hydrogens (tertiary/aromatic N) is 1. The summed E-state index contributed by atoms with van der Waals surface area (Å²) in [5.41, 5.74) is 1.17. The van der Waals surface area contributed by atoms with E-state index >= 15 is 0 Å². The van der Waals surface area contributed by atoms with Crippen molar-refractivity contribution >= 4 is 0 Å². The molecule has 0 aromatic carbocycles. The van der Waals surface area contributed by atoms with Crippen LogP contribution in [0.25, 0.3) is 0 Å². The molecule has 1 atom stereocenters. The summed E-state index contributed by atoms with van der Waals surface area (Å²) in [4.78, 5) is 2.25. The molecule has 0 radical (unpaired) electrons.